The maximum atomic E-state index is 13.4. The molecule has 0 radical (unpaired) electrons. The molecule has 4 rings (SSSR count). The summed E-state index contributed by atoms with van der Waals surface area (Å²) in [5.41, 5.74) is 3.13. The third-order valence-corrected chi connectivity index (χ3v) is 9.91. The molecule has 11 heteroatoms. The zero-order valence-electron chi connectivity index (χ0n) is 17.3. The van der Waals surface area contributed by atoms with Crippen molar-refractivity contribution in [1.82, 2.24) is 0 Å². The van der Waals surface area contributed by atoms with Crippen molar-refractivity contribution in [2.45, 2.75) is 35.8 Å². The van der Waals surface area contributed by atoms with Crippen LogP contribution in [0.2, 0.25) is 5.02 Å². The molecule has 1 aromatic rings. The third kappa shape index (κ3) is 3.43. The van der Waals surface area contributed by atoms with Gasteiger partial charge < -0.3 is 20.5 Å². The topological polar surface area (TPSA) is 151 Å². The second-order valence-electron chi connectivity index (χ2n) is 8.79. The molecule has 0 bridgehead atoms. The van der Waals surface area contributed by atoms with Gasteiger partial charge in [0.2, 0.25) is 5.91 Å². The van der Waals surface area contributed by atoms with Crippen LogP contribution in [0.4, 0.5) is 5.69 Å². The average molecular weight is 482 g/mol. The Bertz CT molecular complexity index is 1110. The third-order valence-electron chi connectivity index (χ3n) is 7.23. The molecule has 1 aromatic carbocycles. The summed E-state index contributed by atoms with van der Waals surface area (Å²) < 4.78 is 32.1. The van der Waals surface area contributed by atoms with E-state index < -0.39 is 43.7 Å². The Kier molecular flexibility index (Phi) is 5.64. The van der Waals surface area contributed by atoms with E-state index >= 15 is 0 Å². The van der Waals surface area contributed by atoms with Crippen LogP contribution >= 0.6 is 11.6 Å². The lowest BCUT2D eigenvalue weighted by Crippen LogP contribution is -2.37. The quantitative estimate of drug-likeness (QED) is 0.621. The van der Waals surface area contributed by atoms with Crippen LogP contribution < -0.4 is 10.6 Å². The number of amides is 1. The Morgan fingerprint density at radius 1 is 1.28 bits per heavy atom. The molecule has 0 aromatic heterocycles. The molecular formula is C21H24ClN3O6S. The van der Waals surface area contributed by atoms with Crippen LogP contribution in [-0.4, -0.2) is 57.0 Å². The van der Waals surface area contributed by atoms with Gasteiger partial charge in [0, 0.05) is 24.7 Å². The number of carboxylic acid groups (broad SMARTS) is 1. The number of hydrogen-bond donors (Lipinski definition) is 2. The van der Waals surface area contributed by atoms with Gasteiger partial charge >= 0.3 is 5.97 Å². The Hall–Kier alpha value is -2.35. The summed E-state index contributed by atoms with van der Waals surface area (Å²) in [4.78, 5) is 26.1. The van der Waals surface area contributed by atoms with Gasteiger partial charge in [-0.15, -0.1) is 0 Å². The molecule has 1 amide bonds. The zero-order valence-corrected chi connectivity index (χ0v) is 18.9. The molecular weight excluding hydrogens is 458 g/mol. The number of benzene rings is 1. The lowest BCUT2D eigenvalue weighted by Gasteiger charge is -2.29. The van der Waals surface area contributed by atoms with E-state index in [9.17, 15) is 28.4 Å². The van der Waals surface area contributed by atoms with E-state index in [2.05, 4.69) is 4.90 Å². The smallest absolute Gasteiger partial charge is 0.310 e. The minimum absolute atomic E-state index is 0.0346. The SMILES string of the molecule is N#CC1(C(N)=O)CC1[C@@]1(C(=O)O)CC[C@H](S(=O)(=O)c2ccc(N3CCOCC3)cc2Cl)C1. The summed E-state index contributed by atoms with van der Waals surface area (Å²) in [6.45, 7) is 2.50. The number of nitrogens with zero attached hydrogens (tertiary/aromatic N) is 2. The number of primary amides is 1. The highest BCUT2D eigenvalue weighted by atomic mass is 35.5. The number of nitrogens with two attached hydrogens (primary N) is 1. The number of anilines is 1. The lowest BCUT2D eigenvalue weighted by molar-refractivity contribution is -0.150. The van der Waals surface area contributed by atoms with Crippen LogP contribution in [0.15, 0.2) is 23.1 Å². The molecule has 3 aliphatic rings. The van der Waals surface area contributed by atoms with Gasteiger partial charge in [-0.05, 0) is 43.9 Å². The molecule has 32 heavy (non-hydrogen) atoms. The molecule has 1 saturated heterocycles. The number of morpholine rings is 1. The van der Waals surface area contributed by atoms with Crippen LogP contribution in [0.1, 0.15) is 25.7 Å². The normalized spacial score (nSPS) is 32.3. The first-order valence-electron chi connectivity index (χ1n) is 10.4. The van der Waals surface area contributed by atoms with Gasteiger partial charge in [0.15, 0.2) is 9.84 Å². The van der Waals surface area contributed by atoms with Crippen molar-refractivity contribution >= 4 is 39.0 Å². The summed E-state index contributed by atoms with van der Waals surface area (Å²) in [7, 11) is -3.93. The highest BCUT2D eigenvalue weighted by Gasteiger charge is 2.72. The highest BCUT2D eigenvalue weighted by molar-refractivity contribution is 7.92. The fraction of sp³-hybridized carbons (Fsp3) is 0.571. The van der Waals surface area contributed by atoms with Gasteiger partial charge in [0.05, 0.1) is 39.9 Å². The van der Waals surface area contributed by atoms with Crippen molar-refractivity contribution in [3.05, 3.63) is 23.2 Å². The second kappa shape index (κ2) is 7.90. The maximum absolute atomic E-state index is 13.4. The van der Waals surface area contributed by atoms with E-state index in [4.69, 9.17) is 22.1 Å². The van der Waals surface area contributed by atoms with Gasteiger partial charge in [0.1, 0.15) is 5.41 Å². The summed E-state index contributed by atoms with van der Waals surface area (Å²) in [6.07, 6.45) is 0.00449. The minimum atomic E-state index is -3.93. The average Bonchev–Trinajstić information content (AvgIpc) is 3.36. The van der Waals surface area contributed by atoms with E-state index in [-0.39, 0.29) is 35.6 Å². The Morgan fingerprint density at radius 2 is 1.97 bits per heavy atom. The van der Waals surface area contributed by atoms with Gasteiger partial charge in [-0.2, -0.15) is 5.26 Å². The lowest BCUT2D eigenvalue weighted by atomic mass is 9.77. The predicted molar refractivity (Wildman–Crippen MR) is 115 cm³/mol. The summed E-state index contributed by atoms with van der Waals surface area (Å²) >= 11 is 6.37. The Morgan fingerprint density at radius 3 is 2.50 bits per heavy atom. The van der Waals surface area contributed by atoms with Crippen LogP contribution in [0.25, 0.3) is 0 Å². The largest absolute Gasteiger partial charge is 0.481 e. The summed E-state index contributed by atoms with van der Waals surface area (Å²) in [6, 6.07) is 6.63. The van der Waals surface area contributed by atoms with Crippen molar-refractivity contribution in [2.75, 3.05) is 31.2 Å². The monoisotopic (exact) mass is 481 g/mol. The number of hydrogen-bond acceptors (Lipinski definition) is 7. The molecule has 172 valence electrons. The van der Waals surface area contributed by atoms with Gasteiger partial charge in [0.25, 0.3) is 0 Å². The fourth-order valence-electron chi connectivity index (χ4n) is 5.25. The second-order valence-corrected chi connectivity index (χ2v) is 11.4. The number of nitriles is 1. The summed E-state index contributed by atoms with van der Waals surface area (Å²) in [5, 5.41) is 18.5. The first-order chi connectivity index (χ1) is 15.1. The van der Waals surface area contributed by atoms with Crippen molar-refractivity contribution < 1.29 is 27.9 Å². The van der Waals surface area contributed by atoms with Crippen molar-refractivity contribution in [3.8, 4) is 6.07 Å². The molecule has 3 N–H and O–H groups in total. The Balaban J connectivity index is 1.60. The van der Waals surface area contributed by atoms with Gasteiger partial charge in [-0.25, -0.2) is 8.42 Å². The molecule has 9 nitrogen and oxygen atoms in total. The maximum Gasteiger partial charge on any atom is 0.310 e. The van der Waals surface area contributed by atoms with Crippen molar-refractivity contribution in [1.29, 1.82) is 5.26 Å². The number of rotatable bonds is 6. The molecule has 2 aliphatic carbocycles. The molecule has 4 atom stereocenters. The zero-order chi connectivity index (χ0) is 23.3. The number of halogens is 1. The van der Waals surface area contributed by atoms with E-state index in [0.717, 1.165) is 5.69 Å². The standard InChI is InChI=1S/C21H24ClN3O6S/c22-15-9-13(25-5-7-31-8-6-25)1-2-16(15)32(29,30)14-3-4-20(10-14,19(27)28)17-11-21(17,12-23)18(24)26/h1-2,9,14,17H,3-8,10-11H2,(H2,24,26)(H,27,28)/t14-,17?,20+,21?/m0/s1. The molecule has 0 spiro atoms. The van der Waals surface area contributed by atoms with Crippen LogP contribution in [0, 0.1) is 28.1 Å². The fourth-order valence-corrected chi connectivity index (χ4v) is 7.64. The van der Waals surface area contributed by atoms with E-state index in [1.54, 1.807) is 12.1 Å². The van der Waals surface area contributed by atoms with Crippen molar-refractivity contribution in [3.63, 3.8) is 0 Å². The number of sulfone groups is 1. The molecule has 2 unspecified atom stereocenters. The number of carbonyl (C=O) groups excluding carboxylic acids is 1. The van der Waals surface area contributed by atoms with Gasteiger partial charge in [-0.1, -0.05) is 11.6 Å². The Labute approximate surface area is 191 Å². The number of aliphatic carboxylic acids is 1. The molecule has 3 fully saturated rings. The van der Waals surface area contributed by atoms with Crippen LogP contribution in [0.5, 0.6) is 0 Å². The number of carbonyl (C=O) groups is 2. The predicted octanol–water partition coefficient (Wildman–Crippen LogP) is 1.59. The number of carboxylic acids is 1. The van der Waals surface area contributed by atoms with Crippen molar-refractivity contribution in [2.24, 2.45) is 22.5 Å². The molecule has 2 saturated carbocycles. The molecule has 1 heterocycles. The first kappa shape index (κ1) is 22.8. The van der Waals surface area contributed by atoms with Crippen LogP contribution in [-0.2, 0) is 24.2 Å². The minimum Gasteiger partial charge on any atom is -0.481 e. The number of ether oxygens (including phenoxy) is 1. The summed E-state index contributed by atoms with van der Waals surface area (Å²) in [5.74, 6) is -2.86. The van der Waals surface area contributed by atoms with Crippen LogP contribution in [0.3, 0.4) is 0 Å². The van der Waals surface area contributed by atoms with E-state index in [1.807, 2.05) is 6.07 Å². The van der Waals surface area contributed by atoms with E-state index in [0.29, 0.717) is 26.3 Å². The first-order valence-corrected chi connectivity index (χ1v) is 12.3. The van der Waals surface area contributed by atoms with Gasteiger partial charge in [-0.3, -0.25) is 9.59 Å². The van der Waals surface area contributed by atoms with E-state index in [1.165, 1.54) is 6.07 Å². The molecule has 1 aliphatic heterocycles. The highest BCUT2D eigenvalue weighted by Crippen LogP contribution is 2.66.